The van der Waals surface area contributed by atoms with Gasteiger partial charge in [-0.2, -0.15) is 5.10 Å². The molecule has 0 amide bonds. The van der Waals surface area contributed by atoms with Gasteiger partial charge in [-0.15, -0.1) is 0 Å². The second-order valence-electron chi connectivity index (χ2n) is 3.51. The highest BCUT2D eigenvalue weighted by Gasteiger charge is 2.25. The summed E-state index contributed by atoms with van der Waals surface area (Å²) in [6, 6.07) is 7.18. The molecule has 0 unspecified atom stereocenters. The Hall–Kier alpha value is -0.560. The number of para-hydroxylation sites is 1. The smallest absolute Gasteiger partial charge is 0.219 e. The molecular weight excluding hydrogens is 363 g/mol. The first-order valence-electron chi connectivity index (χ1n) is 4.77. The number of aromatic nitrogens is 2. The van der Waals surface area contributed by atoms with E-state index in [9.17, 15) is 8.42 Å². The minimum absolute atomic E-state index is 0.0330. The zero-order valence-corrected chi connectivity index (χ0v) is 13.0. The monoisotopic (exact) mass is 368 g/mol. The predicted octanol–water partition coefficient (Wildman–Crippen LogP) is 3.52. The second-order valence-corrected chi connectivity index (χ2v) is 7.22. The van der Waals surface area contributed by atoms with Gasteiger partial charge in [-0.05, 0) is 35.0 Å². The van der Waals surface area contributed by atoms with Gasteiger partial charge in [0.05, 0.1) is 11.4 Å². The first-order valence-corrected chi connectivity index (χ1v) is 8.25. The van der Waals surface area contributed by atoms with Gasteiger partial charge >= 0.3 is 0 Å². The quantitative estimate of drug-likeness (QED) is 0.761. The average Bonchev–Trinajstić information content (AvgIpc) is 2.54. The number of hydrogen-bond acceptors (Lipinski definition) is 3. The van der Waals surface area contributed by atoms with E-state index < -0.39 is 9.05 Å². The molecular formula is C10H7BrCl2N2O2S. The number of halogens is 3. The molecule has 0 atom stereocenters. The number of rotatable bonds is 2. The standard InChI is InChI=1S/C10H7BrCl2N2O2S/c1-6-9(18(13,16)17)10(12)15(14-6)8-5-3-2-4-7(8)11/h2-5H,1H3. The molecule has 1 aromatic heterocycles. The van der Waals surface area contributed by atoms with Gasteiger partial charge in [-0.3, -0.25) is 0 Å². The molecule has 0 bridgehead atoms. The van der Waals surface area contributed by atoms with E-state index in [1.54, 1.807) is 18.2 Å². The van der Waals surface area contributed by atoms with E-state index >= 15 is 0 Å². The first-order chi connectivity index (χ1) is 8.32. The van der Waals surface area contributed by atoms with Crippen LogP contribution in [0.5, 0.6) is 0 Å². The molecule has 2 rings (SSSR count). The molecule has 2 aromatic rings. The minimum Gasteiger partial charge on any atom is -0.219 e. The lowest BCUT2D eigenvalue weighted by atomic mass is 10.3. The average molecular weight is 370 g/mol. The minimum atomic E-state index is -3.92. The summed E-state index contributed by atoms with van der Waals surface area (Å²) in [7, 11) is 1.41. The van der Waals surface area contributed by atoms with E-state index in [4.69, 9.17) is 22.3 Å². The number of nitrogens with zero attached hydrogens (tertiary/aromatic N) is 2. The van der Waals surface area contributed by atoms with Crippen LogP contribution in [0.4, 0.5) is 0 Å². The van der Waals surface area contributed by atoms with Crippen LogP contribution >= 0.6 is 38.2 Å². The van der Waals surface area contributed by atoms with E-state index in [0.29, 0.717) is 5.69 Å². The van der Waals surface area contributed by atoms with Crippen molar-refractivity contribution in [1.29, 1.82) is 0 Å². The molecule has 1 heterocycles. The summed E-state index contributed by atoms with van der Waals surface area (Å²) < 4.78 is 24.9. The predicted molar refractivity (Wildman–Crippen MR) is 74.0 cm³/mol. The van der Waals surface area contributed by atoms with Crippen molar-refractivity contribution in [3.63, 3.8) is 0 Å². The highest BCUT2D eigenvalue weighted by atomic mass is 79.9. The summed E-state index contributed by atoms with van der Waals surface area (Å²) in [5, 5.41) is 4.07. The summed E-state index contributed by atoms with van der Waals surface area (Å²) in [5.74, 6) is 0. The maximum Gasteiger partial charge on any atom is 0.266 e. The number of benzene rings is 1. The van der Waals surface area contributed by atoms with Gasteiger partial charge in [-0.25, -0.2) is 13.1 Å². The maximum atomic E-state index is 11.4. The van der Waals surface area contributed by atoms with Crippen LogP contribution in [0.15, 0.2) is 33.6 Å². The molecule has 96 valence electrons. The maximum absolute atomic E-state index is 11.4. The van der Waals surface area contributed by atoms with Crippen LogP contribution in [0.2, 0.25) is 5.15 Å². The van der Waals surface area contributed by atoms with E-state index in [-0.39, 0.29) is 15.7 Å². The molecule has 8 heteroatoms. The summed E-state index contributed by atoms with van der Waals surface area (Å²) in [6.07, 6.45) is 0. The number of aryl methyl sites for hydroxylation is 1. The zero-order valence-electron chi connectivity index (χ0n) is 9.06. The van der Waals surface area contributed by atoms with Gasteiger partial charge in [0.25, 0.3) is 9.05 Å². The normalized spacial score (nSPS) is 11.8. The van der Waals surface area contributed by atoms with Crippen molar-refractivity contribution in [3.05, 3.63) is 39.6 Å². The van der Waals surface area contributed by atoms with Crippen molar-refractivity contribution >= 4 is 47.3 Å². The summed E-state index contributed by atoms with van der Waals surface area (Å²) in [4.78, 5) is -0.165. The lowest BCUT2D eigenvalue weighted by Crippen LogP contribution is -1.98. The molecule has 0 aliphatic rings. The Morgan fingerprint density at radius 3 is 2.44 bits per heavy atom. The second kappa shape index (κ2) is 4.85. The van der Waals surface area contributed by atoms with Crippen molar-refractivity contribution < 1.29 is 8.42 Å². The van der Waals surface area contributed by atoms with Gasteiger partial charge in [0, 0.05) is 15.2 Å². The van der Waals surface area contributed by atoms with Crippen LogP contribution in [0.1, 0.15) is 5.69 Å². The van der Waals surface area contributed by atoms with Crippen LogP contribution in [0.25, 0.3) is 5.69 Å². The molecule has 0 saturated heterocycles. The third-order valence-electron chi connectivity index (χ3n) is 2.28. The molecule has 0 aliphatic heterocycles. The fourth-order valence-electron chi connectivity index (χ4n) is 1.54. The Morgan fingerprint density at radius 1 is 1.33 bits per heavy atom. The number of hydrogen-bond donors (Lipinski definition) is 0. The highest BCUT2D eigenvalue weighted by molar-refractivity contribution is 9.10. The van der Waals surface area contributed by atoms with Gasteiger partial charge in [0.1, 0.15) is 4.90 Å². The molecule has 0 saturated carbocycles. The van der Waals surface area contributed by atoms with E-state index in [1.807, 2.05) is 6.07 Å². The van der Waals surface area contributed by atoms with Crippen molar-refractivity contribution in [2.24, 2.45) is 0 Å². The molecule has 18 heavy (non-hydrogen) atoms. The van der Waals surface area contributed by atoms with Crippen molar-refractivity contribution in [2.45, 2.75) is 11.8 Å². The first kappa shape index (κ1) is 13.9. The van der Waals surface area contributed by atoms with Crippen molar-refractivity contribution in [1.82, 2.24) is 9.78 Å². The largest absolute Gasteiger partial charge is 0.266 e. The molecule has 0 N–H and O–H groups in total. The molecule has 1 aromatic carbocycles. The van der Waals surface area contributed by atoms with E-state index in [1.165, 1.54) is 11.6 Å². The molecule has 0 aliphatic carbocycles. The van der Waals surface area contributed by atoms with E-state index in [2.05, 4.69) is 21.0 Å². The summed E-state index contributed by atoms with van der Waals surface area (Å²) >= 11 is 9.39. The van der Waals surface area contributed by atoms with Gasteiger partial charge in [0.15, 0.2) is 5.15 Å². The fourth-order valence-corrected chi connectivity index (χ4v) is 3.92. The van der Waals surface area contributed by atoms with Crippen molar-refractivity contribution in [2.75, 3.05) is 0 Å². The SMILES string of the molecule is Cc1nn(-c2ccccc2Br)c(Cl)c1S(=O)(=O)Cl. The fraction of sp³-hybridized carbons (Fsp3) is 0.100. The Bertz CT molecular complexity index is 713. The highest BCUT2D eigenvalue weighted by Crippen LogP contribution is 2.32. The van der Waals surface area contributed by atoms with Gasteiger partial charge < -0.3 is 0 Å². The molecule has 0 fully saturated rings. The van der Waals surface area contributed by atoms with Crippen LogP contribution in [-0.2, 0) is 9.05 Å². The zero-order chi connectivity index (χ0) is 13.5. The van der Waals surface area contributed by atoms with Gasteiger partial charge in [0.2, 0.25) is 0 Å². The Labute approximate surface area is 122 Å². The summed E-state index contributed by atoms with van der Waals surface area (Å²) in [6.45, 7) is 1.54. The lowest BCUT2D eigenvalue weighted by Gasteiger charge is -2.05. The molecule has 4 nitrogen and oxygen atoms in total. The third kappa shape index (κ3) is 2.42. The summed E-state index contributed by atoms with van der Waals surface area (Å²) in [5.41, 5.74) is 0.892. The van der Waals surface area contributed by atoms with Crippen LogP contribution in [-0.4, -0.2) is 18.2 Å². The van der Waals surface area contributed by atoms with Gasteiger partial charge in [-0.1, -0.05) is 23.7 Å². The Balaban J connectivity index is 2.74. The molecule has 0 radical (unpaired) electrons. The Morgan fingerprint density at radius 2 is 1.94 bits per heavy atom. The Kier molecular flexibility index (Phi) is 3.73. The van der Waals surface area contributed by atoms with Crippen molar-refractivity contribution in [3.8, 4) is 5.69 Å². The lowest BCUT2D eigenvalue weighted by molar-refractivity contribution is 0.609. The van der Waals surface area contributed by atoms with E-state index in [0.717, 1.165) is 4.47 Å². The third-order valence-corrected chi connectivity index (χ3v) is 4.85. The molecule has 0 spiro atoms. The topological polar surface area (TPSA) is 52.0 Å². The van der Waals surface area contributed by atoms with Crippen LogP contribution in [0.3, 0.4) is 0 Å². The van der Waals surface area contributed by atoms with Crippen LogP contribution < -0.4 is 0 Å². The van der Waals surface area contributed by atoms with Crippen LogP contribution in [0, 0.1) is 6.92 Å².